The predicted octanol–water partition coefficient (Wildman–Crippen LogP) is -3.13. The topological polar surface area (TPSA) is 209 Å². The molecule has 0 radical (unpaired) electrons. The van der Waals surface area contributed by atoms with Gasteiger partial charge in [-0.2, -0.15) is 0 Å². The molecule has 0 spiro atoms. The Morgan fingerprint density at radius 1 is 0.607 bits per heavy atom. The highest BCUT2D eigenvalue weighted by Gasteiger charge is 2.49. The van der Waals surface area contributed by atoms with Crippen molar-refractivity contribution in [2.45, 2.75) is 42.9 Å². The Morgan fingerprint density at radius 3 is 1.21 bits per heavy atom. The number of carbonyl (C=O) groups is 3. The summed E-state index contributed by atoms with van der Waals surface area (Å²) >= 11 is 0. The molecule has 2 unspecified atom stereocenters. The lowest BCUT2D eigenvalue weighted by molar-refractivity contribution is -0.140. The van der Waals surface area contributed by atoms with E-state index >= 15 is 0 Å². The minimum atomic E-state index is -1.48. The van der Waals surface area contributed by atoms with Crippen LogP contribution in [-0.4, -0.2) is 105 Å². The van der Waals surface area contributed by atoms with Crippen LogP contribution in [0.5, 0.6) is 0 Å². The fourth-order valence-electron chi connectivity index (χ4n) is 2.76. The molecule has 6 atom stereocenters. The van der Waals surface area contributed by atoms with Crippen molar-refractivity contribution in [1.82, 2.24) is 16.0 Å². The molecule has 9 N–H and O–H groups in total. The highest BCUT2D eigenvalue weighted by atomic mass is 35.5. The first-order chi connectivity index (χ1) is 11.6. The third kappa shape index (κ3) is 9.49. The zero-order valence-corrected chi connectivity index (χ0v) is 16.9. The van der Waals surface area contributed by atoms with E-state index in [0.29, 0.717) is 0 Å². The third-order valence-electron chi connectivity index (χ3n) is 3.90. The molecule has 1 aliphatic carbocycles. The van der Waals surface area contributed by atoms with Gasteiger partial charge in [0, 0.05) is 6.54 Å². The Kier molecular flexibility index (Phi) is 16.9. The molecule has 1 fully saturated rings. The summed E-state index contributed by atoms with van der Waals surface area (Å²) in [5, 5.41) is 64.5. The average Bonchev–Trinajstić information content (AvgIpc) is 2.49. The number of hydrogen-bond donors (Lipinski definition) is 9. The van der Waals surface area contributed by atoms with Crippen molar-refractivity contribution >= 4 is 55.1 Å². The van der Waals surface area contributed by atoms with Crippen LogP contribution in [0, 0.1) is 0 Å². The largest absolute Gasteiger partial charge is 0.481 e. The van der Waals surface area contributed by atoms with E-state index in [9.17, 15) is 29.7 Å². The molecule has 15 heteroatoms. The molecule has 168 valence electrons. The van der Waals surface area contributed by atoms with E-state index in [1.807, 2.05) is 0 Å². The van der Waals surface area contributed by atoms with Crippen LogP contribution in [0.4, 0.5) is 0 Å². The normalized spacial score (nSPS) is 28.8. The van der Waals surface area contributed by atoms with Crippen molar-refractivity contribution < 1.29 is 45.0 Å². The molecule has 28 heavy (non-hydrogen) atoms. The van der Waals surface area contributed by atoms with Gasteiger partial charge in [-0.1, -0.05) is 0 Å². The quantitative estimate of drug-likeness (QED) is 0.154. The first-order valence-electron chi connectivity index (χ1n) is 7.55. The van der Waals surface area contributed by atoms with Gasteiger partial charge in [0.25, 0.3) is 0 Å². The SMILES string of the molecule is Cl.Cl.Cl.O=C(O)CCNC1[C@@H](O)[C@@H](NCC(=O)O)C(O)[C@@H](NCC(=O)O)[C@H]1O. The van der Waals surface area contributed by atoms with E-state index in [1.54, 1.807) is 0 Å². The number of aliphatic hydroxyl groups excluding tert-OH is 3. The maximum absolute atomic E-state index is 10.7. The number of carboxylic acids is 3. The summed E-state index contributed by atoms with van der Waals surface area (Å²) in [7, 11) is 0. The standard InChI is InChI=1S/C13H23N3O9.3ClH/c17-5(18)1-2-14-8-11(23)9(15-3-6(19)20)13(25)10(12(8)24)16-4-7(21)22;;;/h8-16,23-25H,1-4H2,(H,17,18)(H,19,20)(H,21,22);3*1H/t8?,9-,10+,11-,12+,13?;;;. The lowest BCUT2D eigenvalue weighted by Gasteiger charge is -2.46. The van der Waals surface area contributed by atoms with Gasteiger partial charge >= 0.3 is 17.9 Å². The van der Waals surface area contributed by atoms with E-state index in [-0.39, 0.29) is 50.2 Å². The summed E-state index contributed by atoms with van der Waals surface area (Å²) in [4.78, 5) is 32.0. The Balaban J connectivity index is -0.00000208. The van der Waals surface area contributed by atoms with Crippen LogP contribution in [0.25, 0.3) is 0 Å². The highest BCUT2D eigenvalue weighted by Crippen LogP contribution is 2.22. The van der Waals surface area contributed by atoms with Gasteiger partial charge in [0.15, 0.2) is 0 Å². The second-order valence-corrected chi connectivity index (χ2v) is 5.70. The molecule has 0 aromatic rings. The molecular weight excluding hydrogens is 449 g/mol. The number of aliphatic hydroxyl groups is 3. The maximum Gasteiger partial charge on any atom is 0.317 e. The van der Waals surface area contributed by atoms with E-state index in [4.69, 9.17) is 15.3 Å². The molecule has 0 heterocycles. The van der Waals surface area contributed by atoms with Gasteiger partial charge < -0.3 is 36.0 Å². The van der Waals surface area contributed by atoms with Crippen LogP contribution in [0.2, 0.25) is 0 Å². The number of nitrogens with one attached hydrogen (secondary N) is 3. The van der Waals surface area contributed by atoms with Crippen molar-refractivity contribution in [3.63, 3.8) is 0 Å². The molecule has 0 bridgehead atoms. The zero-order valence-electron chi connectivity index (χ0n) is 14.4. The van der Waals surface area contributed by atoms with Crippen LogP contribution in [-0.2, 0) is 14.4 Å². The van der Waals surface area contributed by atoms with Crippen LogP contribution in [0.15, 0.2) is 0 Å². The van der Waals surface area contributed by atoms with Gasteiger partial charge in [-0.15, -0.1) is 37.2 Å². The first kappa shape index (κ1) is 31.7. The fourth-order valence-corrected chi connectivity index (χ4v) is 2.76. The lowest BCUT2D eigenvalue weighted by atomic mass is 9.79. The number of carboxylic acid groups (broad SMARTS) is 3. The fraction of sp³-hybridized carbons (Fsp3) is 0.769. The Bertz CT molecular complexity index is 471. The minimum Gasteiger partial charge on any atom is -0.481 e. The van der Waals surface area contributed by atoms with E-state index in [0.717, 1.165) is 0 Å². The first-order valence-corrected chi connectivity index (χ1v) is 7.55. The molecular formula is C13H26Cl3N3O9. The molecule has 1 rings (SSSR count). The van der Waals surface area contributed by atoms with Crippen molar-refractivity contribution in [2.24, 2.45) is 0 Å². The zero-order chi connectivity index (χ0) is 19.1. The molecule has 1 saturated carbocycles. The third-order valence-corrected chi connectivity index (χ3v) is 3.90. The minimum absolute atomic E-state index is 0. The molecule has 12 nitrogen and oxygen atoms in total. The summed E-state index contributed by atoms with van der Waals surface area (Å²) in [6.07, 6.45) is -4.66. The van der Waals surface area contributed by atoms with E-state index in [1.165, 1.54) is 0 Å². The molecule has 0 amide bonds. The number of hydrogen-bond acceptors (Lipinski definition) is 9. The van der Waals surface area contributed by atoms with Gasteiger partial charge in [0.2, 0.25) is 0 Å². The van der Waals surface area contributed by atoms with Crippen LogP contribution < -0.4 is 16.0 Å². The maximum atomic E-state index is 10.7. The summed E-state index contributed by atoms with van der Waals surface area (Å²) < 4.78 is 0. The van der Waals surface area contributed by atoms with Crippen molar-refractivity contribution in [1.29, 1.82) is 0 Å². The Morgan fingerprint density at radius 2 is 0.929 bits per heavy atom. The van der Waals surface area contributed by atoms with E-state index < -0.39 is 67.4 Å². The van der Waals surface area contributed by atoms with Gasteiger partial charge in [0.1, 0.15) is 0 Å². The summed E-state index contributed by atoms with van der Waals surface area (Å²) in [6, 6.07) is -3.48. The Hall–Kier alpha value is -0.960. The summed E-state index contributed by atoms with van der Waals surface area (Å²) in [5.74, 6) is -3.58. The monoisotopic (exact) mass is 473 g/mol. The number of rotatable bonds is 10. The highest BCUT2D eigenvalue weighted by molar-refractivity contribution is 5.86. The van der Waals surface area contributed by atoms with E-state index in [2.05, 4.69) is 16.0 Å². The number of aliphatic carboxylic acids is 3. The van der Waals surface area contributed by atoms with Crippen LogP contribution in [0.1, 0.15) is 6.42 Å². The van der Waals surface area contributed by atoms with Crippen LogP contribution >= 0.6 is 37.2 Å². The van der Waals surface area contributed by atoms with Crippen molar-refractivity contribution in [2.75, 3.05) is 19.6 Å². The van der Waals surface area contributed by atoms with Gasteiger partial charge in [0.05, 0.1) is 55.9 Å². The second kappa shape index (κ2) is 15.0. The second-order valence-electron chi connectivity index (χ2n) is 5.70. The van der Waals surface area contributed by atoms with Crippen LogP contribution in [0.3, 0.4) is 0 Å². The Labute approximate surface area is 178 Å². The summed E-state index contributed by atoms with van der Waals surface area (Å²) in [5.41, 5.74) is 0. The summed E-state index contributed by atoms with van der Waals surface area (Å²) in [6.45, 7) is -1.26. The van der Waals surface area contributed by atoms with Crippen molar-refractivity contribution in [3.8, 4) is 0 Å². The molecule has 0 aromatic carbocycles. The molecule has 1 aliphatic rings. The molecule has 0 aromatic heterocycles. The predicted molar refractivity (Wildman–Crippen MR) is 103 cm³/mol. The van der Waals surface area contributed by atoms with Gasteiger partial charge in [-0.05, 0) is 0 Å². The lowest BCUT2D eigenvalue weighted by Crippen LogP contribution is -2.74. The molecule has 0 saturated heterocycles. The van der Waals surface area contributed by atoms with Gasteiger partial charge in [-0.3, -0.25) is 25.0 Å². The average molecular weight is 475 g/mol. The smallest absolute Gasteiger partial charge is 0.317 e. The number of halogens is 3. The van der Waals surface area contributed by atoms with Crippen molar-refractivity contribution in [3.05, 3.63) is 0 Å². The van der Waals surface area contributed by atoms with Gasteiger partial charge in [-0.25, -0.2) is 0 Å². The molecule has 0 aliphatic heterocycles.